The molecule has 1 unspecified atom stereocenters. The number of carbonyl (C=O) groups is 2. The van der Waals surface area contributed by atoms with Crippen LogP contribution in [0.5, 0.6) is 5.75 Å². The lowest BCUT2D eigenvalue weighted by molar-refractivity contribution is -0.136. The molecule has 0 aliphatic carbocycles. The van der Waals surface area contributed by atoms with E-state index in [1.165, 1.54) is 13.2 Å². The Labute approximate surface area is 144 Å². The second-order valence-corrected chi connectivity index (χ2v) is 5.50. The van der Waals surface area contributed by atoms with Crippen LogP contribution in [0.4, 0.5) is 5.69 Å². The van der Waals surface area contributed by atoms with E-state index in [-0.39, 0.29) is 12.2 Å². The maximum atomic E-state index is 11.9. The number of nitrogens with one attached hydrogen (secondary N) is 2. The average molecular weight is 352 g/mol. The molecule has 2 amide bonds. The van der Waals surface area contributed by atoms with E-state index in [9.17, 15) is 14.7 Å². The average Bonchev–Trinajstić information content (AvgIpc) is 2.98. The van der Waals surface area contributed by atoms with E-state index in [2.05, 4.69) is 10.6 Å². The minimum atomic E-state index is -0.914. The molecular formula is C16H18ClN3O4. The number of rotatable bonds is 5. The van der Waals surface area contributed by atoms with Crippen LogP contribution in [-0.4, -0.2) is 35.1 Å². The number of halogens is 1. The molecule has 0 bridgehead atoms. The summed E-state index contributed by atoms with van der Waals surface area (Å²) in [5, 5.41) is 15.2. The van der Waals surface area contributed by atoms with Gasteiger partial charge in [0, 0.05) is 30.5 Å². The van der Waals surface area contributed by atoms with Gasteiger partial charge in [0.2, 0.25) is 0 Å². The first-order valence-electron chi connectivity index (χ1n) is 7.14. The lowest BCUT2D eigenvalue weighted by Crippen LogP contribution is -2.37. The normalized spacial score (nSPS) is 11.7. The largest absolute Gasteiger partial charge is 0.495 e. The summed E-state index contributed by atoms with van der Waals surface area (Å²) in [6.07, 6.45) is 0.862. The number of carbonyl (C=O) groups excluding carboxylic acids is 2. The predicted molar refractivity (Wildman–Crippen MR) is 90.0 cm³/mol. The Balaban J connectivity index is 1.94. The number of anilines is 1. The van der Waals surface area contributed by atoms with Crippen LogP contribution in [-0.2, 0) is 16.6 Å². The second kappa shape index (κ2) is 7.85. The Morgan fingerprint density at radius 2 is 2.08 bits per heavy atom. The van der Waals surface area contributed by atoms with Gasteiger partial charge in [-0.05, 0) is 30.3 Å². The van der Waals surface area contributed by atoms with Gasteiger partial charge in [0.15, 0.2) is 0 Å². The number of aromatic nitrogens is 1. The molecule has 3 N–H and O–H groups in total. The van der Waals surface area contributed by atoms with Gasteiger partial charge in [-0.15, -0.1) is 0 Å². The van der Waals surface area contributed by atoms with Gasteiger partial charge in [-0.25, -0.2) is 0 Å². The number of hydrogen-bond donors (Lipinski definition) is 3. The van der Waals surface area contributed by atoms with Crippen LogP contribution < -0.4 is 15.4 Å². The van der Waals surface area contributed by atoms with Crippen LogP contribution >= 0.6 is 11.6 Å². The van der Waals surface area contributed by atoms with Crippen molar-refractivity contribution in [2.24, 2.45) is 7.05 Å². The summed E-state index contributed by atoms with van der Waals surface area (Å²) in [5.74, 6) is -1.37. The molecule has 0 fully saturated rings. The molecule has 0 radical (unpaired) electrons. The van der Waals surface area contributed by atoms with Gasteiger partial charge >= 0.3 is 11.8 Å². The van der Waals surface area contributed by atoms with Crippen LogP contribution in [0.15, 0.2) is 36.5 Å². The standard InChI is InChI=1S/C16H18ClN3O4/c1-20-7-3-4-12(20)13(21)9-18-15(22)16(23)19-11-8-10(17)5-6-14(11)24-2/h3-8,13,21H,9H2,1-2H3,(H,18,22)(H,19,23). The molecule has 1 atom stereocenters. The zero-order valence-corrected chi connectivity index (χ0v) is 14.0. The van der Waals surface area contributed by atoms with Crippen molar-refractivity contribution in [2.45, 2.75) is 6.10 Å². The summed E-state index contributed by atoms with van der Waals surface area (Å²) in [7, 11) is 3.22. The Kier molecular flexibility index (Phi) is 5.83. The zero-order valence-electron chi connectivity index (χ0n) is 13.2. The highest BCUT2D eigenvalue weighted by Gasteiger charge is 2.18. The first-order valence-corrected chi connectivity index (χ1v) is 7.52. The fourth-order valence-electron chi connectivity index (χ4n) is 2.15. The van der Waals surface area contributed by atoms with Gasteiger partial charge in [0.1, 0.15) is 11.9 Å². The van der Waals surface area contributed by atoms with Crippen molar-refractivity contribution < 1.29 is 19.4 Å². The van der Waals surface area contributed by atoms with Crippen molar-refractivity contribution in [3.63, 3.8) is 0 Å². The van der Waals surface area contributed by atoms with Gasteiger partial charge in [-0.2, -0.15) is 0 Å². The van der Waals surface area contributed by atoms with Crippen LogP contribution in [0.2, 0.25) is 5.02 Å². The lowest BCUT2D eigenvalue weighted by atomic mass is 10.2. The molecule has 0 saturated carbocycles. The van der Waals surface area contributed by atoms with Crippen molar-refractivity contribution in [1.82, 2.24) is 9.88 Å². The zero-order chi connectivity index (χ0) is 17.7. The first-order chi connectivity index (χ1) is 11.4. The Bertz CT molecular complexity index is 745. The smallest absolute Gasteiger partial charge is 0.313 e. The van der Waals surface area contributed by atoms with Crippen molar-refractivity contribution in [3.05, 3.63) is 47.2 Å². The van der Waals surface area contributed by atoms with E-state index in [0.717, 1.165) is 0 Å². The number of nitrogens with zero attached hydrogens (tertiary/aromatic N) is 1. The summed E-state index contributed by atoms with van der Waals surface area (Å²) in [6.45, 7) is -0.0865. The van der Waals surface area contributed by atoms with Crippen LogP contribution in [0.3, 0.4) is 0 Å². The highest BCUT2D eigenvalue weighted by molar-refractivity contribution is 6.40. The summed E-state index contributed by atoms with van der Waals surface area (Å²) in [5.41, 5.74) is 0.917. The van der Waals surface area contributed by atoms with E-state index in [0.29, 0.717) is 16.5 Å². The molecule has 0 saturated heterocycles. The Morgan fingerprint density at radius 1 is 1.33 bits per heavy atom. The minimum Gasteiger partial charge on any atom is -0.495 e. The molecule has 2 aromatic rings. The van der Waals surface area contributed by atoms with E-state index in [1.807, 2.05) is 0 Å². The number of ether oxygens (including phenoxy) is 1. The number of aryl methyl sites for hydroxylation is 1. The molecule has 8 heteroatoms. The fraction of sp³-hybridized carbons (Fsp3) is 0.250. The van der Waals surface area contributed by atoms with E-state index >= 15 is 0 Å². The molecule has 24 heavy (non-hydrogen) atoms. The first kappa shape index (κ1) is 17.8. The van der Waals surface area contributed by atoms with Crippen LogP contribution in [0.25, 0.3) is 0 Å². The molecule has 1 heterocycles. The molecule has 1 aromatic carbocycles. The summed E-state index contributed by atoms with van der Waals surface area (Å²) < 4.78 is 6.82. The van der Waals surface area contributed by atoms with Crippen LogP contribution in [0.1, 0.15) is 11.8 Å². The van der Waals surface area contributed by atoms with Gasteiger partial charge in [0.25, 0.3) is 0 Å². The van der Waals surface area contributed by atoms with Crippen molar-refractivity contribution in [2.75, 3.05) is 19.0 Å². The number of hydrogen-bond acceptors (Lipinski definition) is 4. The molecule has 0 aliphatic heterocycles. The van der Waals surface area contributed by atoms with Crippen molar-refractivity contribution >= 4 is 29.1 Å². The van der Waals surface area contributed by atoms with E-state index < -0.39 is 17.9 Å². The third-order valence-electron chi connectivity index (χ3n) is 3.40. The van der Waals surface area contributed by atoms with Gasteiger partial charge in [-0.1, -0.05) is 11.6 Å². The van der Waals surface area contributed by atoms with Gasteiger partial charge < -0.3 is 25.0 Å². The topological polar surface area (TPSA) is 92.6 Å². The molecule has 7 nitrogen and oxygen atoms in total. The Hall–Kier alpha value is -2.51. The lowest BCUT2D eigenvalue weighted by Gasteiger charge is -2.14. The van der Waals surface area contributed by atoms with E-state index in [1.54, 1.807) is 42.1 Å². The molecule has 0 spiro atoms. The fourth-order valence-corrected chi connectivity index (χ4v) is 2.32. The second-order valence-electron chi connectivity index (χ2n) is 5.07. The molecule has 2 rings (SSSR count). The quantitative estimate of drug-likeness (QED) is 0.711. The highest BCUT2D eigenvalue weighted by atomic mass is 35.5. The number of amides is 2. The molecule has 0 aliphatic rings. The maximum Gasteiger partial charge on any atom is 0.313 e. The minimum absolute atomic E-state index is 0.0865. The number of methoxy groups -OCH3 is 1. The molecule has 128 valence electrons. The SMILES string of the molecule is COc1ccc(Cl)cc1NC(=O)C(=O)NCC(O)c1cccn1C. The van der Waals surface area contributed by atoms with E-state index in [4.69, 9.17) is 16.3 Å². The summed E-state index contributed by atoms with van der Waals surface area (Å²) in [6, 6.07) is 8.16. The number of aliphatic hydroxyl groups is 1. The van der Waals surface area contributed by atoms with Gasteiger partial charge in [-0.3, -0.25) is 9.59 Å². The maximum absolute atomic E-state index is 11.9. The Morgan fingerprint density at radius 3 is 2.71 bits per heavy atom. The predicted octanol–water partition coefficient (Wildman–Crippen LogP) is 1.48. The highest BCUT2D eigenvalue weighted by Crippen LogP contribution is 2.27. The van der Waals surface area contributed by atoms with Crippen LogP contribution in [0, 0.1) is 0 Å². The number of benzene rings is 1. The molecule has 1 aromatic heterocycles. The third-order valence-corrected chi connectivity index (χ3v) is 3.63. The van der Waals surface area contributed by atoms with Gasteiger partial charge in [0.05, 0.1) is 12.8 Å². The summed E-state index contributed by atoms with van der Waals surface area (Å²) in [4.78, 5) is 23.8. The van der Waals surface area contributed by atoms with Crippen molar-refractivity contribution in [3.8, 4) is 5.75 Å². The third kappa shape index (κ3) is 4.27. The van der Waals surface area contributed by atoms with Crippen molar-refractivity contribution in [1.29, 1.82) is 0 Å². The molecular weight excluding hydrogens is 334 g/mol. The summed E-state index contributed by atoms with van der Waals surface area (Å²) >= 11 is 5.87. The number of aliphatic hydroxyl groups excluding tert-OH is 1. The monoisotopic (exact) mass is 351 g/mol.